The summed E-state index contributed by atoms with van der Waals surface area (Å²) in [6, 6.07) is 11.7. The number of methoxy groups -OCH3 is 2. The number of hydrogen-bond acceptors (Lipinski definition) is 18. The number of azo groups is 2. The monoisotopic (exact) mass is 906 g/mol. The van der Waals surface area contributed by atoms with Crippen LogP contribution >= 0.6 is 0 Å². The molecule has 0 amide bonds. The molecule has 6 rings (SSSR count). The van der Waals surface area contributed by atoms with Crippen LogP contribution in [0, 0.1) is 0 Å². The highest BCUT2D eigenvalue weighted by Crippen LogP contribution is 2.46. The lowest BCUT2D eigenvalue weighted by Gasteiger charge is -2.33. The van der Waals surface area contributed by atoms with Gasteiger partial charge < -0.3 is 31.2 Å². The quantitative estimate of drug-likeness (QED) is 0.0355. The Bertz CT molecular complexity index is 3240. The third-order valence-corrected chi connectivity index (χ3v) is 12.8. The fourth-order valence-corrected chi connectivity index (χ4v) is 9.21. The minimum Gasteiger partial charge on any atom is -0.505 e. The highest BCUT2D eigenvalue weighted by molar-refractivity contribution is 7.87. The summed E-state index contributed by atoms with van der Waals surface area (Å²) in [6.07, 6.45) is 3.16. The highest BCUT2D eigenvalue weighted by atomic mass is 32.2. The van der Waals surface area contributed by atoms with Crippen LogP contribution in [0.4, 0.5) is 28.4 Å². The molecule has 0 aliphatic heterocycles. The zero-order valence-corrected chi connectivity index (χ0v) is 33.7. The second-order valence-corrected chi connectivity index (χ2v) is 18.3. The molecule has 0 aromatic heterocycles. The Morgan fingerprint density at radius 2 is 0.983 bits per heavy atom. The Morgan fingerprint density at radius 1 is 0.567 bits per heavy atom. The fraction of sp³-hybridized carbons (Fsp3) is 0.118. The van der Waals surface area contributed by atoms with Crippen LogP contribution in [0.1, 0.15) is 12.0 Å². The van der Waals surface area contributed by atoms with Crippen LogP contribution in [0.3, 0.4) is 0 Å². The number of rotatable bonds is 11. The van der Waals surface area contributed by atoms with Crippen molar-refractivity contribution in [3.63, 3.8) is 0 Å². The topological polar surface area (TPSA) is 378 Å². The van der Waals surface area contributed by atoms with E-state index in [0.717, 1.165) is 24.3 Å². The van der Waals surface area contributed by atoms with Gasteiger partial charge in [0.05, 0.1) is 27.8 Å². The van der Waals surface area contributed by atoms with Crippen molar-refractivity contribution in [2.75, 3.05) is 25.7 Å². The van der Waals surface area contributed by atoms with Crippen LogP contribution in [-0.4, -0.2) is 82.1 Å². The zero-order chi connectivity index (χ0) is 44.3. The van der Waals surface area contributed by atoms with Gasteiger partial charge in [-0.2, -0.15) is 38.8 Å². The maximum atomic E-state index is 12.1. The van der Waals surface area contributed by atoms with Gasteiger partial charge in [-0.25, -0.2) is 0 Å². The molecule has 316 valence electrons. The van der Waals surface area contributed by atoms with Crippen LogP contribution in [0.5, 0.6) is 11.5 Å². The molecular formula is C34H30N6O16S4. The predicted octanol–water partition coefficient (Wildman–Crippen LogP) is 5.41. The van der Waals surface area contributed by atoms with Crippen molar-refractivity contribution in [3.05, 3.63) is 84.1 Å². The summed E-state index contributed by atoms with van der Waals surface area (Å²) in [4.78, 5) is -4.09. The summed E-state index contributed by atoms with van der Waals surface area (Å²) in [5, 5.41) is 36.4. The molecule has 0 fully saturated rings. The van der Waals surface area contributed by atoms with Crippen molar-refractivity contribution in [1.82, 2.24) is 0 Å². The molecule has 5 aromatic rings. The van der Waals surface area contributed by atoms with E-state index in [2.05, 4.69) is 20.5 Å². The molecule has 5 aromatic carbocycles. The molecule has 0 saturated carbocycles. The minimum absolute atomic E-state index is 0.0291. The fourth-order valence-electron chi connectivity index (χ4n) is 6.34. The molecule has 1 aliphatic carbocycles. The first-order valence-corrected chi connectivity index (χ1v) is 22.1. The van der Waals surface area contributed by atoms with E-state index in [9.17, 15) is 62.1 Å². The normalized spacial score (nSPS) is 15.2. The van der Waals surface area contributed by atoms with Gasteiger partial charge in [0.2, 0.25) is 5.79 Å². The predicted molar refractivity (Wildman–Crippen MR) is 212 cm³/mol. The largest absolute Gasteiger partial charge is 0.505 e. The molecule has 0 heterocycles. The maximum Gasteiger partial charge on any atom is 0.296 e. The average molecular weight is 907 g/mol. The van der Waals surface area contributed by atoms with Crippen LogP contribution in [0.25, 0.3) is 27.1 Å². The number of aromatic hydroxyl groups is 2. The lowest BCUT2D eigenvalue weighted by Crippen LogP contribution is -2.37. The molecule has 0 saturated heterocycles. The summed E-state index contributed by atoms with van der Waals surface area (Å²) >= 11 is 0. The SMILES string of the molecule is COC1(OC)CC(c2ccc(N=Nc3ccc4c(S(=O)(=O)O)cc(S(=O)(=O)O)c(N)c4c3O)cc2)=CC=C1N=Nc1ccc2c(S(=O)(=O)O)cc(S(=O)(=O)O)c(N)c2c1O. The number of anilines is 2. The Balaban J connectivity index is 1.33. The molecule has 0 radical (unpaired) electrons. The van der Waals surface area contributed by atoms with E-state index >= 15 is 0 Å². The smallest absolute Gasteiger partial charge is 0.296 e. The molecule has 26 heteroatoms. The maximum absolute atomic E-state index is 12.1. The number of hydrogen-bond donors (Lipinski definition) is 8. The molecule has 0 unspecified atom stereocenters. The summed E-state index contributed by atoms with van der Waals surface area (Å²) in [5.74, 6) is -3.22. The molecular weight excluding hydrogens is 877 g/mol. The summed E-state index contributed by atoms with van der Waals surface area (Å²) < 4.78 is 146. The van der Waals surface area contributed by atoms with Gasteiger partial charge in [-0.15, -0.1) is 15.3 Å². The van der Waals surface area contributed by atoms with Crippen LogP contribution in [0.15, 0.2) is 119 Å². The van der Waals surface area contributed by atoms with E-state index in [0.29, 0.717) is 23.3 Å². The Morgan fingerprint density at radius 3 is 1.38 bits per heavy atom. The van der Waals surface area contributed by atoms with E-state index in [4.69, 9.17) is 20.9 Å². The first-order valence-electron chi connectivity index (χ1n) is 16.3. The average Bonchev–Trinajstić information content (AvgIpc) is 3.15. The Labute approximate surface area is 339 Å². The van der Waals surface area contributed by atoms with Gasteiger partial charge in [0.1, 0.15) is 36.7 Å². The zero-order valence-electron chi connectivity index (χ0n) is 30.5. The van der Waals surface area contributed by atoms with Crippen LogP contribution in [0.2, 0.25) is 0 Å². The Kier molecular flexibility index (Phi) is 11.1. The summed E-state index contributed by atoms with van der Waals surface area (Å²) in [7, 11) is -17.7. The van der Waals surface area contributed by atoms with Gasteiger partial charge in [-0.3, -0.25) is 18.2 Å². The number of nitrogen functional groups attached to an aromatic ring is 2. The van der Waals surface area contributed by atoms with Gasteiger partial charge in [0.15, 0.2) is 11.5 Å². The summed E-state index contributed by atoms with van der Waals surface area (Å²) in [6.45, 7) is 0. The third kappa shape index (κ3) is 8.02. The van der Waals surface area contributed by atoms with Crippen molar-refractivity contribution in [1.29, 1.82) is 0 Å². The van der Waals surface area contributed by atoms with Crippen molar-refractivity contribution in [3.8, 4) is 11.5 Å². The third-order valence-electron chi connectivity index (χ3n) is 9.24. The second-order valence-electron chi connectivity index (χ2n) is 12.7. The number of benzene rings is 5. The van der Waals surface area contributed by atoms with Crippen molar-refractivity contribution in [2.24, 2.45) is 20.5 Å². The highest BCUT2D eigenvalue weighted by Gasteiger charge is 2.39. The van der Waals surface area contributed by atoms with E-state index < -0.39 is 99.5 Å². The first-order chi connectivity index (χ1) is 27.8. The van der Waals surface area contributed by atoms with Crippen LogP contribution in [-0.2, 0) is 49.9 Å². The van der Waals surface area contributed by atoms with Crippen LogP contribution < -0.4 is 11.5 Å². The number of phenolic OH excluding ortho intramolecular Hbond substituents is 2. The van der Waals surface area contributed by atoms with Gasteiger partial charge >= 0.3 is 0 Å². The molecule has 60 heavy (non-hydrogen) atoms. The molecule has 1 aliphatic rings. The molecule has 0 spiro atoms. The van der Waals surface area contributed by atoms with Gasteiger partial charge in [0.25, 0.3) is 40.5 Å². The lowest BCUT2D eigenvalue weighted by atomic mass is 9.91. The van der Waals surface area contributed by atoms with E-state index in [1.165, 1.54) is 32.4 Å². The number of nitrogens with zero attached hydrogens (tertiary/aromatic N) is 4. The minimum atomic E-state index is -5.14. The van der Waals surface area contributed by atoms with Crippen molar-refractivity contribution >= 4 is 96.0 Å². The number of phenols is 2. The van der Waals surface area contributed by atoms with E-state index in [1.54, 1.807) is 18.2 Å². The first kappa shape index (κ1) is 43.6. The molecule has 22 nitrogen and oxygen atoms in total. The van der Waals surface area contributed by atoms with E-state index in [1.807, 2.05) is 0 Å². The van der Waals surface area contributed by atoms with Gasteiger partial charge in [-0.05, 0) is 53.6 Å². The van der Waals surface area contributed by atoms with Crippen molar-refractivity contribution < 1.29 is 71.6 Å². The number of nitrogens with two attached hydrogens (primary N) is 2. The lowest BCUT2D eigenvalue weighted by molar-refractivity contribution is -0.175. The standard InChI is InChI=1S/C34H30N6O16S4/c1-55-34(56-2)15-17(5-12-27(34)40-39-22-11-9-20-24(58(46,47)48)14-26(60(52,53)54)31(36)29(20)33(22)42)16-3-6-18(7-4-16)37-38-21-10-8-19-23(57(43,44)45)13-25(59(49,50)51)30(35)28(19)32(21)41/h3-14,41-42H,15,35-36H2,1-2H3,(H,43,44,45)(H,46,47,48)(H,49,50,51)(H,52,53,54). The number of allylic oxidation sites excluding steroid dienone is 2. The van der Waals surface area contributed by atoms with Gasteiger partial charge in [-0.1, -0.05) is 30.3 Å². The van der Waals surface area contributed by atoms with E-state index in [-0.39, 0.29) is 40.0 Å². The molecule has 10 N–H and O–H groups in total. The molecule has 0 atom stereocenters. The second kappa shape index (κ2) is 15.3. The number of ether oxygens (including phenoxy) is 2. The van der Waals surface area contributed by atoms with Crippen molar-refractivity contribution in [2.45, 2.75) is 31.8 Å². The number of fused-ring (bicyclic) bond motifs is 2. The van der Waals surface area contributed by atoms with Gasteiger partial charge in [0, 0.05) is 31.4 Å². The summed E-state index contributed by atoms with van der Waals surface area (Å²) in [5.41, 5.74) is 11.3. The Hall–Kier alpha value is -5.94. The molecule has 0 bridgehead atoms.